The number of hydrogen-bond acceptors (Lipinski definition) is 3. The van der Waals surface area contributed by atoms with Gasteiger partial charge in [0, 0.05) is 36.9 Å². The van der Waals surface area contributed by atoms with E-state index >= 15 is 0 Å². The first-order valence-corrected chi connectivity index (χ1v) is 13.8. The van der Waals surface area contributed by atoms with E-state index in [1.54, 1.807) is 18.2 Å². The number of halogens is 1. The summed E-state index contributed by atoms with van der Waals surface area (Å²) in [5, 5.41) is 6.04. The first-order chi connectivity index (χ1) is 18.5. The Hall–Kier alpha value is -3.67. The van der Waals surface area contributed by atoms with Gasteiger partial charge in [-0.1, -0.05) is 55.3 Å². The van der Waals surface area contributed by atoms with Gasteiger partial charge in [0.2, 0.25) is 5.91 Å². The van der Waals surface area contributed by atoms with E-state index in [4.69, 9.17) is 0 Å². The van der Waals surface area contributed by atoms with Gasteiger partial charge in [0.05, 0.1) is 5.56 Å². The number of benzene rings is 3. The van der Waals surface area contributed by atoms with E-state index in [2.05, 4.69) is 45.9 Å². The highest BCUT2D eigenvalue weighted by Gasteiger charge is 2.26. The highest BCUT2D eigenvalue weighted by molar-refractivity contribution is 6.02. The summed E-state index contributed by atoms with van der Waals surface area (Å²) in [6.07, 6.45) is 7.23. The van der Waals surface area contributed by atoms with Crippen LogP contribution in [0, 0.1) is 17.7 Å². The average molecular weight is 514 g/mol. The zero-order chi connectivity index (χ0) is 26.3. The molecule has 38 heavy (non-hydrogen) atoms. The van der Waals surface area contributed by atoms with Gasteiger partial charge in [-0.2, -0.15) is 0 Å². The number of nitrogens with one attached hydrogen (secondary N) is 2. The quantitative estimate of drug-likeness (QED) is 0.369. The number of nitrogens with zero attached hydrogens (tertiary/aromatic N) is 1. The van der Waals surface area contributed by atoms with E-state index < -0.39 is 0 Å². The van der Waals surface area contributed by atoms with Crippen LogP contribution in [0.4, 0.5) is 15.8 Å². The van der Waals surface area contributed by atoms with Crippen molar-refractivity contribution in [3.63, 3.8) is 0 Å². The fraction of sp³-hybridized carbons (Fsp3) is 0.375. The molecule has 1 heterocycles. The number of hydrogen-bond donors (Lipinski definition) is 2. The van der Waals surface area contributed by atoms with Gasteiger partial charge in [-0.25, -0.2) is 4.39 Å². The Labute approximate surface area is 224 Å². The van der Waals surface area contributed by atoms with Crippen LogP contribution in [0.25, 0.3) is 0 Å². The molecule has 198 valence electrons. The molecule has 2 amide bonds. The van der Waals surface area contributed by atoms with E-state index in [1.807, 2.05) is 12.1 Å². The smallest absolute Gasteiger partial charge is 0.253 e. The van der Waals surface area contributed by atoms with E-state index in [0.29, 0.717) is 23.7 Å². The predicted octanol–water partition coefficient (Wildman–Crippen LogP) is 6.34. The minimum atomic E-state index is -0.302. The highest BCUT2D eigenvalue weighted by atomic mass is 19.1. The van der Waals surface area contributed by atoms with Gasteiger partial charge in [-0.15, -0.1) is 0 Å². The largest absolute Gasteiger partial charge is 0.371 e. The van der Waals surface area contributed by atoms with Crippen molar-refractivity contribution in [3.05, 3.63) is 95.3 Å². The maximum atomic E-state index is 13.4. The Morgan fingerprint density at radius 1 is 0.842 bits per heavy atom. The summed E-state index contributed by atoms with van der Waals surface area (Å²) < 4.78 is 13.3. The topological polar surface area (TPSA) is 61.4 Å². The zero-order valence-electron chi connectivity index (χ0n) is 21.8. The van der Waals surface area contributed by atoms with Crippen LogP contribution >= 0.6 is 0 Å². The first kappa shape index (κ1) is 26.0. The molecule has 2 N–H and O–H groups in total. The van der Waals surface area contributed by atoms with Crippen LogP contribution < -0.4 is 15.5 Å². The van der Waals surface area contributed by atoms with Crippen LogP contribution in [0.2, 0.25) is 0 Å². The second-order valence-electron chi connectivity index (χ2n) is 10.6. The van der Waals surface area contributed by atoms with Crippen molar-refractivity contribution in [2.75, 3.05) is 23.3 Å². The van der Waals surface area contributed by atoms with E-state index in [9.17, 15) is 14.0 Å². The Morgan fingerprint density at radius 2 is 1.55 bits per heavy atom. The summed E-state index contributed by atoms with van der Waals surface area (Å²) in [4.78, 5) is 28.5. The lowest BCUT2D eigenvalue weighted by molar-refractivity contribution is -0.119. The van der Waals surface area contributed by atoms with Gasteiger partial charge in [0.15, 0.2) is 0 Å². The molecule has 1 aliphatic heterocycles. The molecular formula is C32H36FN3O2. The Kier molecular flexibility index (Phi) is 8.37. The monoisotopic (exact) mass is 513 g/mol. The third kappa shape index (κ3) is 6.60. The SMILES string of the molecule is O=C(NCc1ccc(F)cc1)c1cc(NC(=O)C2CCCC2)ccc1N1CCC(Cc2ccccc2)CC1. The van der Waals surface area contributed by atoms with Gasteiger partial charge < -0.3 is 15.5 Å². The lowest BCUT2D eigenvalue weighted by Gasteiger charge is -2.35. The van der Waals surface area contributed by atoms with Crippen molar-refractivity contribution in [2.24, 2.45) is 11.8 Å². The molecule has 0 spiro atoms. The molecule has 1 saturated carbocycles. The standard InChI is InChI=1S/C32H36FN3O2/c33-27-12-10-25(11-13-27)22-34-32(38)29-21-28(35-31(37)26-8-4-5-9-26)14-15-30(29)36-18-16-24(17-19-36)20-23-6-2-1-3-7-23/h1-3,6-7,10-15,21,24,26H,4-5,8-9,16-20,22H2,(H,34,38)(H,35,37). The van der Waals surface area contributed by atoms with Gasteiger partial charge in [0.1, 0.15) is 5.82 Å². The second kappa shape index (κ2) is 12.2. The highest BCUT2D eigenvalue weighted by Crippen LogP contribution is 2.31. The molecule has 2 aliphatic rings. The molecule has 5 nitrogen and oxygen atoms in total. The lowest BCUT2D eigenvalue weighted by atomic mass is 9.89. The van der Waals surface area contributed by atoms with Crippen LogP contribution in [0.5, 0.6) is 0 Å². The summed E-state index contributed by atoms with van der Waals surface area (Å²) in [6, 6.07) is 22.4. The van der Waals surface area contributed by atoms with Crippen molar-refractivity contribution in [1.29, 1.82) is 0 Å². The number of amides is 2. The van der Waals surface area contributed by atoms with E-state index in [1.165, 1.54) is 17.7 Å². The summed E-state index contributed by atoms with van der Waals surface area (Å²) in [5.41, 5.74) is 4.29. The molecule has 0 aromatic heterocycles. The van der Waals surface area contributed by atoms with Crippen molar-refractivity contribution >= 4 is 23.2 Å². The fourth-order valence-electron chi connectivity index (χ4n) is 5.71. The minimum Gasteiger partial charge on any atom is -0.371 e. The zero-order valence-corrected chi connectivity index (χ0v) is 21.8. The number of anilines is 2. The summed E-state index contributed by atoms with van der Waals surface area (Å²) >= 11 is 0. The van der Waals surface area contributed by atoms with Crippen LogP contribution in [-0.2, 0) is 17.8 Å². The Bertz CT molecular complexity index is 1230. The molecule has 3 aromatic carbocycles. The van der Waals surface area contributed by atoms with Crippen LogP contribution in [-0.4, -0.2) is 24.9 Å². The van der Waals surface area contributed by atoms with Crippen molar-refractivity contribution in [3.8, 4) is 0 Å². The predicted molar refractivity (Wildman–Crippen MR) is 150 cm³/mol. The molecule has 1 saturated heterocycles. The molecule has 6 heteroatoms. The molecule has 0 unspecified atom stereocenters. The van der Waals surface area contributed by atoms with Crippen LogP contribution in [0.15, 0.2) is 72.8 Å². The maximum Gasteiger partial charge on any atom is 0.253 e. The van der Waals surface area contributed by atoms with E-state index in [0.717, 1.165) is 69.3 Å². The molecule has 1 aliphatic carbocycles. The fourth-order valence-corrected chi connectivity index (χ4v) is 5.71. The van der Waals surface area contributed by atoms with Gasteiger partial charge in [-0.05, 0) is 79.5 Å². The average Bonchev–Trinajstić information content (AvgIpc) is 3.49. The molecule has 2 fully saturated rings. The summed E-state index contributed by atoms with van der Waals surface area (Å²) in [6.45, 7) is 2.06. The maximum absolute atomic E-state index is 13.4. The molecule has 0 atom stereocenters. The summed E-state index contributed by atoms with van der Waals surface area (Å²) in [5.74, 6) is 0.203. The number of carbonyl (C=O) groups excluding carboxylic acids is 2. The second-order valence-corrected chi connectivity index (χ2v) is 10.6. The third-order valence-corrected chi connectivity index (χ3v) is 7.92. The normalized spacial score (nSPS) is 16.4. The van der Waals surface area contributed by atoms with Gasteiger partial charge in [0.25, 0.3) is 5.91 Å². The molecule has 0 bridgehead atoms. The van der Waals surface area contributed by atoms with E-state index in [-0.39, 0.29) is 23.5 Å². The van der Waals surface area contributed by atoms with Crippen LogP contribution in [0.1, 0.15) is 60.0 Å². The number of carbonyl (C=O) groups is 2. The van der Waals surface area contributed by atoms with Crippen LogP contribution in [0.3, 0.4) is 0 Å². The van der Waals surface area contributed by atoms with Gasteiger partial charge in [-0.3, -0.25) is 9.59 Å². The Balaban J connectivity index is 1.30. The molecule has 5 rings (SSSR count). The third-order valence-electron chi connectivity index (χ3n) is 7.92. The molecule has 3 aromatic rings. The minimum absolute atomic E-state index is 0.0367. The number of piperidine rings is 1. The first-order valence-electron chi connectivity index (χ1n) is 13.8. The molecular weight excluding hydrogens is 477 g/mol. The van der Waals surface area contributed by atoms with Crippen molar-refractivity contribution in [1.82, 2.24) is 5.32 Å². The van der Waals surface area contributed by atoms with Crippen molar-refractivity contribution < 1.29 is 14.0 Å². The molecule has 0 radical (unpaired) electrons. The number of rotatable bonds is 8. The van der Waals surface area contributed by atoms with Gasteiger partial charge >= 0.3 is 0 Å². The lowest BCUT2D eigenvalue weighted by Crippen LogP contribution is -2.36. The summed E-state index contributed by atoms with van der Waals surface area (Å²) in [7, 11) is 0. The Morgan fingerprint density at radius 3 is 2.26 bits per heavy atom. The van der Waals surface area contributed by atoms with Crippen molar-refractivity contribution in [2.45, 2.75) is 51.5 Å².